The molecule has 0 aliphatic rings. The monoisotopic (exact) mass is 322 g/mol. The minimum absolute atomic E-state index is 0.0219. The molecular weight excluding hydrogens is 304 g/mol. The number of hydrogen-bond donors (Lipinski definition) is 1. The summed E-state index contributed by atoms with van der Waals surface area (Å²) in [6, 6.07) is 7.69. The molecule has 1 N–H and O–H groups in total. The first-order valence-corrected chi connectivity index (χ1v) is 8.41. The molecule has 7 heteroatoms. The maximum Gasteiger partial charge on any atom is 0.253 e. The summed E-state index contributed by atoms with van der Waals surface area (Å²) in [5.41, 5.74) is 1.87. The Labute approximate surface area is 132 Å². The van der Waals surface area contributed by atoms with Crippen molar-refractivity contribution in [3.63, 3.8) is 0 Å². The van der Waals surface area contributed by atoms with Gasteiger partial charge in [0.25, 0.3) is 5.91 Å². The van der Waals surface area contributed by atoms with Gasteiger partial charge in [-0.1, -0.05) is 35.2 Å². The van der Waals surface area contributed by atoms with Gasteiger partial charge in [0.2, 0.25) is 5.13 Å². The predicted molar refractivity (Wildman–Crippen MR) is 88.1 cm³/mol. The van der Waals surface area contributed by atoms with Gasteiger partial charge in [0.1, 0.15) is 0 Å². The number of aromatic nitrogens is 2. The van der Waals surface area contributed by atoms with Crippen LogP contribution in [0.3, 0.4) is 0 Å². The Morgan fingerprint density at radius 3 is 2.62 bits per heavy atom. The van der Waals surface area contributed by atoms with Crippen molar-refractivity contribution < 1.29 is 4.79 Å². The van der Waals surface area contributed by atoms with Crippen LogP contribution in [-0.4, -0.2) is 41.6 Å². The fraction of sp³-hybridized carbons (Fsp3) is 0.357. The van der Waals surface area contributed by atoms with Crippen LogP contribution in [0.1, 0.15) is 22.8 Å². The number of carbonyl (C=O) groups is 1. The van der Waals surface area contributed by atoms with Crippen LogP contribution in [0.25, 0.3) is 0 Å². The van der Waals surface area contributed by atoms with Crippen LogP contribution in [0, 0.1) is 0 Å². The van der Waals surface area contributed by atoms with Gasteiger partial charge in [-0.05, 0) is 24.6 Å². The van der Waals surface area contributed by atoms with Gasteiger partial charge >= 0.3 is 0 Å². The average molecular weight is 322 g/mol. The third kappa shape index (κ3) is 4.44. The first-order chi connectivity index (χ1) is 10.1. The van der Waals surface area contributed by atoms with E-state index in [0.29, 0.717) is 5.56 Å². The third-order valence-electron chi connectivity index (χ3n) is 2.70. The van der Waals surface area contributed by atoms with E-state index in [-0.39, 0.29) is 5.91 Å². The number of rotatable bonds is 6. The van der Waals surface area contributed by atoms with E-state index in [1.807, 2.05) is 31.2 Å². The van der Waals surface area contributed by atoms with E-state index in [2.05, 4.69) is 15.5 Å². The molecule has 112 valence electrons. The second kappa shape index (κ2) is 7.42. The Kier molecular flexibility index (Phi) is 5.58. The Balaban J connectivity index is 1.92. The Morgan fingerprint density at radius 2 is 2.00 bits per heavy atom. The molecule has 1 amide bonds. The summed E-state index contributed by atoms with van der Waals surface area (Å²) in [5.74, 6) is 0.839. The number of nitrogens with zero attached hydrogens (tertiary/aromatic N) is 3. The van der Waals surface area contributed by atoms with Crippen LogP contribution in [0.2, 0.25) is 0 Å². The van der Waals surface area contributed by atoms with Crippen molar-refractivity contribution >= 4 is 34.1 Å². The molecule has 0 saturated carbocycles. The lowest BCUT2D eigenvalue weighted by Gasteiger charge is -2.10. The van der Waals surface area contributed by atoms with Crippen molar-refractivity contribution in [3.05, 3.63) is 35.4 Å². The molecule has 0 atom stereocenters. The van der Waals surface area contributed by atoms with E-state index in [0.717, 1.165) is 27.3 Å². The second-order valence-electron chi connectivity index (χ2n) is 4.59. The Morgan fingerprint density at radius 1 is 1.29 bits per heavy atom. The summed E-state index contributed by atoms with van der Waals surface area (Å²) in [6.45, 7) is 2.88. The zero-order valence-electron chi connectivity index (χ0n) is 12.3. The first-order valence-electron chi connectivity index (χ1n) is 6.61. The van der Waals surface area contributed by atoms with E-state index in [1.54, 1.807) is 42.1 Å². The van der Waals surface area contributed by atoms with Gasteiger partial charge in [-0.3, -0.25) is 4.79 Å². The minimum Gasteiger partial charge on any atom is -0.360 e. The highest BCUT2D eigenvalue weighted by Gasteiger charge is 2.08. The molecule has 1 aromatic heterocycles. The summed E-state index contributed by atoms with van der Waals surface area (Å²) in [4.78, 5) is 13.4. The van der Waals surface area contributed by atoms with Crippen LogP contribution in [0.5, 0.6) is 0 Å². The van der Waals surface area contributed by atoms with Gasteiger partial charge in [0, 0.05) is 32.0 Å². The van der Waals surface area contributed by atoms with Gasteiger partial charge in [0.15, 0.2) is 4.34 Å². The molecule has 0 bridgehead atoms. The Bertz CT molecular complexity index is 595. The highest BCUT2D eigenvalue weighted by Crippen LogP contribution is 2.28. The van der Waals surface area contributed by atoms with Crippen molar-refractivity contribution in [2.24, 2.45) is 0 Å². The van der Waals surface area contributed by atoms with Crippen LogP contribution in [0.4, 0.5) is 5.13 Å². The van der Waals surface area contributed by atoms with E-state index in [4.69, 9.17) is 0 Å². The Hall–Kier alpha value is -1.60. The SMILES string of the molecule is CCNc1nnc(SCc2ccc(C(=O)N(C)C)cc2)s1. The lowest BCUT2D eigenvalue weighted by atomic mass is 10.1. The van der Waals surface area contributed by atoms with Gasteiger partial charge in [-0.25, -0.2) is 0 Å². The summed E-state index contributed by atoms with van der Waals surface area (Å²) < 4.78 is 0.944. The van der Waals surface area contributed by atoms with Gasteiger partial charge in [0.05, 0.1) is 0 Å². The van der Waals surface area contributed by atoms with Crippen molar-refractivity contribution in [1.82, 2.24) is 15.1 Å². The fourth-order valence-electron chi connectivity index (χ4n) is 1.64. The maximum absolute atomic E-state index is 11.8. The van der Waals surface area contributed by atoms with Crippen molar-refractivity contribution in [1.29, 1.82) is 0 Å². The predicted octanol–water partition coefficient (Wildman–Crippen LogP) is 2.96. The number of benzene rings is 1. The molecular formula is C14H18N4OS2. The van der Waals surface area contributed by atoms with Crippen molar-refractivity contribution in [2.45, 2.75) is 17.0 Å². The molecule has 1 heterocycles. The number of hydrogen-bond acceptors (Lipinski definition) is 6. The average Bonchev–Trinajstić information content (AvgIpc) is 2.93. The van der Waals surface area contributed by atoms with Crippen LogP contribution in [0.15, 0.2) is 28.6 Å². The first kappa shape index (κ1) is 15.8. The molecule has 0 unspecified atom stereocenters. The number of carbonyl (C=O) groups excluding carboxylic acids is 1. The number of anilines is 1. The summed E-state index contributed by atoms with van der Waals surface area (Å²) in [5, 5.41) is 12.2. The molecule has 0 aliphatic carbocycles. The number of amides is 1. The van der Waals surface area contributed by atoms with E-state index < -0.39 is 0 Å². The van der Waals surface area contributed by atoms with Gasteiger partial charge < -0.3 is 10.2 Å². The minimum atomic E-state index is 0.0219. The molecule has 0 spiro atoms. The maximum atomic E-state index is 11.8. The van der Waals surface area contributed by atoms with Crippen molar-refractivity contribution in [3.8, 4) is 0 Å². The summed E-state index contributed by atoms with van der Waals surface area (Å²) in [6.07, 6.45) is 0. The summed E-state index contributed by atoms with van der Waals surface area (Å²) >= 11 is 3.21. The molecule has 5 nitrogen and oxygen atoms in total. The standard InChI is InChI=1S/C14H18N4OS2/c1-4-15-13-16-17-14(21-13)20-9-10-5-7-11(8-6-10)12(19)18(2)3/h5-8H,4,9H2,1-3H3,(H,15,16). The molecule has 2 aromatic rings. The zero-order chi connectivity index (χ0) is 15.2. The van der Waals surface area contributed by atoms with E-state index in [1.165, 1.54) is 0 Å². The molecule has 0 saturated heterocycles. The molecule has 2 rings (SSSR count). The quantitative estimate of drug-likeness (QED) is 0.829. The molecule has 0 fully saturated rings. The van der Waals surface area contributed by atoms with Gasteiger partial charge in [-0.2, -0.15) is 0 Å². The molecule has 1 aromatic carbocycles. The van der Waals surface area contributed by atoms with Crippen molar-refractivity contribution in [2.75, 3.05) is 26.0 Å². The highest BCUT2D eigenvalue weighted by molar-refractivity contribution is 8.00. The molecule has 0 aliphatic heterocycles. The third-order valence-corrected chi connectivity index (χ3v) is 4.79. The van der Waals surface area contributed by atoms with Crippen LogP contribution in [-0.2, 0) is 5.75 Å². The zero-order valence-corrected chi connectivity index (χ0v) is 13.9. The lowest BCUT2D eigenvalue weighted by Crippen LogP contribution is -2.21. The second-order valence-corrected chi connectivity index (χ2v) is 6.79. The highest BCUT2D eigenvalue weighted by atomic mass is 32.2. The topological polar surface area (TPSA) is 58.1 Å². The number of thioether (sulfide) groups is 1. The largest absolute Gasteiger partial charge is 0.360 e. The number of nitrogens with one attached hydrogen (secondary N) is 1. The van der Waals surface area contributed by atoms with Crippen LogP contribution < -0.4 is 5.32 Å². The smallest absolute Gasteiger partial charge is 0.253 e. The molecule has 0 radical (unpaired) electrons. The van der Waals surface area contributed by atoms with Crippen LogP contribution >= 0.6 is 23.1 Å². The van der Waals surface area contributed by atoms with E-state index >= 15 is 0 Å². The summed E-state index contributed by atoms with van der Waals surface area (Å²) in [7, 11) is 3.51. The van der Waals surface area contributed by atoms with E-state index in [9.17, 15) is 4.79 Å². The van der Waals surface area contributed by atoms with Gasteiger partial charge in [-0.15, -0.1) is 10.2 Å². The fourth-order valence-corrected chi connectivity index (χ4v) is 3.41. The molecule has 21 heavy (non-hydrogen) atoms. The lowest BCUT2D eigenvalue weighted by molar-refractivity contribution is 0.0827. The normalized spacial score (nSPS) is 10.4.